The number of likely N-dealkylation sites (tertiary alicyclic amines) is 1. The summed E-state index contributed by atoms with van der Waals surface area (Å²) in [5.74, 6) is 0.124. The van der Waals surface area contributed by atoms with E-state index in [9.17, 15) is 14.4 Å². The van der Waals surface area contributed by atoms with Crippen LogP contribution in [-0.4, -0.2) is 84.3 Å². The minimum Gasteiger partial charge on any atom is -0.344 e. The van der Waals surface area contributed by atoms with Gasteiger partial charge in [0.05, 0.1) is 6.54 Å². The minimum absolute atomic E-state index is 0.00232. The molecule has 3 rings (SSSR count). The van der Waals surface area contributed by atoms with E-state index in [2.05, 4.69) is 10.2 Å². The van der Waals surface area contributed by atoms with Crippen LogP contribution in [0.2, 0.25) is 0 Å². The summed E-state index contributed by atoms with van der Waals surface area (Å²) in [6, 6.07) is -0.362. The number of nitrogens with one attached hydrogen (secondary N) is 1. The maximum absolute atomic E-state index is 12.3. The van der Waals surface area contributed by atoms with Gasteiger partial charge in [0.15, 0.2) is 0 Å². The molecule has 22 heavy (non-hydrogen) atoms. The van der Waals surface area contributed by atoms with E-state index >= 15 is 0 Å². The molecule has 3 amide bonds. The Kier molecular flexibility index (Phi) is 4.61. The number of amides is 3. The standard InChI is InChI=1S/C15H24N4O3/c20-13-4-3-12(16-13)15(22)19-9-7-18(8-10-19)14(21)11-17-5-1-2-6-17/h12H,1-11H2,(H,16,20). The van der Waals surface area contributed by atoms with Gasteiger partial charge in [-0.2, -0.15) is 0 Å². The first-order valence-electron chi connectivity index (χ1n) is 8.22. The molecule has 122 valence electrons. The van der Waals surface area contributed by atoms with Gasteiger partial charge in [-0.25, -0.2) is 0 Å². The first kappa shape index (κ1) is 15.3. The molecular weight excluding hydrogens is 284 g/mol. The van der Waals surface area contributed by atoms with Crippen LogP contribution in [-0.2, 0) is 14.4 Å². The van der Waals surface area contributed by atoms with Gasteiger partial charge in [-0.1, -0.05) is 0 Å². The van der Waals surface area contributed by atoms with Gasteiger partial charge in [0.25, 0.3) is 0 Å². The number of carbonyl (C=O) groups excluding carboxylic acids is 3. The number of rotatable bonds is 3. The molecule has 7 heteroatoms. The lowest BCUT2D eigenvalue weighted by Gasteiger charge is -2.36. The van der Waals surface area contributed by atoms with Gasteiger partial charge in [0, 0.05) is 32.6 Å². The normalized spacial score (nSPS) is 26.4. The third-order valence-electron chi connectivity index (χ3n) is 4.79. The molecule has 0 radical (unpaired) electrons. The van der Waals surface area contributed by atoms with Crippen LogP contribution in [0.5, 0.6) is 0 Å². The molecule has 1 unspecified atom stereocenters. The van der Waals surface area contributed by atoms with Gasteiger partial charge in [0.2, 0.25) is 17.7 Å². The Morgan fingerprint density at radius 2 is 1.64 bits per heavy atom. The van der Waals surface area contributed by atoms with Crippen molar-refractivity contribution >= 4 is 17.7 Å². The molecule has 0 aromatic carbocycles. The van der Waals surface area contributed by atoms with Gasteiger partial charge in [-0.05, 0) is 32.4 Å². The number of carbonyl (C=O) groups is 3. The highest BCUT2D eigenvalue weighted by molar-refractivity contribution is 5.91. The fraction of sp³-hybridized carbons (Fsp3) is 0.800. The third kappa shape index (κ3) is 3.40. The third-order valence-corrected chi connectivity index (χ3v) is 4.79. The van der Waals surface area contributed by atoms with Crippen LogP contribution in [0.15, 0.2) is 0 Å². The second-order valence-electron chi connectivity index (χ2n) is 6.35. The lowest BCUT2D eigenvalue weighted by atomic mass is 10.2. The smallest absolute Gasteiger partial charge is 0.245 e. The van der Waals surface area contributed by atoms with E-state index in [-0.39, 0.29) is 23.8 Å². The van der Waals surface area contributed by atoms with E-state index in [1.54, 1.807) is 4.90 Å². The molecule has 0 aromatic rings. The first-order chi connectivity index (χ1) is 10.6. The Labute approximate surface area is 130 Å². The van der Waals surface area contributed by atoms with Crippen molar-refractivity contribution in [3.63, 3.8) is 0 Å². The molecule has 0 bridgehead atoms. The Morgan fingerprint density at radius 3 is 2.23 bits per heavy atom. The molecule has 0 spiro atoms. The topological polar surface area (TPSA) is 73.0 Å². The molecule has 3 saturated heterocycles. The molecule has 0 aliphatic carbocycles. The van der Waals surface area contributed by atoms with Crippen molar-refractivity contribution in [3.8, 4) is 0 Å². The van der Waals surface area contributed by atoms with E-state index in [1.807, 2.05) is 4.90 Å². The molecular formula is C15H24N4O3. The highest BCUT2D eigenvalue weighted by Gasteiger charge is 2.33. The number of nitrogens with zero attached hydrogens (tertiary/aromatic N) is 3. The van der Waals surface area contributed by atoms with E-state index in [0.29, 0.717) is 45.6 Å². The Balaban J connectivity index is 1.44. The summed E-state index contributed by atoms with van der Waals surface area (Å²) in [7, 11) is 0. The molecule has 0 aromatic heterocycles. The summed E-state index contributed by atoms with van der Waals surface area (Å²) in [4.78, 5) is 41.6. The zero-order valence-corrected chi connectivity index (χ0v) is 12.9. The van der Waals surface area contributed by atoms with Crippen molar-refractivity contribution in [3.05, 3.63) is 0 Å². The summed E-state index contributed by atoms with van der Waals surface area (Å²) in [5, 5.41) is 2.72. The average Bonchev–Trinajstić information content (AvgIpc) is 3.18. The zero-order valence-electron chi connectivity index (χ0n) is 12.9. The van der Waals surface area contributed by atoms with E-state index in [1.165, 1.54) is 12.8 Å². The summed E-state index contributed by atoms with van der Waals surface area (Å²) in [6.07, 6.45) is 3.39. The van der Waals surface area contributed by atoms with Gasteiger partial charge in [0.1, 0.15) is 6.04 Å². The van der Waals surface area contributed by atoms with Crippen LogP contribution in [0.3, 0.4) is 0 Å². The highest BCUT2D eigenvalue weighted by atomic mass is 16.2. The van der Waals surface area contributed by atoms with Crippen LogP contribution in [0.4, 0.5) is 0 Å². The lowest BCUT2D eigenvalue weighted by Crippen LogP contribution is -2.55. The largest absolute Gasteiger partial charge is 0.344 e. The molecule has 7 nitrogen and oxygen atoms in total. The predicted molar refractivity (Wildman–Crippen MR) is 80.0 cm³/mol. The Bertz CT molecular complexity index is 454. The second kappa shape index (κ2) is 6.64. The van der Waals surface area contributed by atoms with E-state index < -0.39 is 0 Å². The minimum atomic E-state index is -0.362. The molecule has 3 aliphatic rings. The highest BCUT2D eigenvalue weighted by Crippen LogP contribution is 2.13. The van der Waals surface area contributed by atoms with Gasteiger partial charge >= 0.3 is 0 Å². The van der Waals surface area contributed by atoms with Crippen molar-refractivity contribution in [1.82, 2.24) is 20.0 Å². The van der Waals surface area contributed by atoms with Crippen molar-refractivity contribution in [1.29, 1.82) is 0 Å². The molecule has 1 N–H and O–H groups in total. The first-order valence-corrected chi connectivity index (χ1v) is 8.22. The van der Waals surface area contributed by atoms with Gasteiger partial charge < -0.3 is 15.1 Å². The summed E-state index contributed by atoms with van der Waals surface area (Å²) in [5.41, 5.74) is 0. The second-order valence-corrected chi connectivity index (χ2v) is 6.35. The quantitative estimate of drug-likeness (QED) is 0.728. The fourth-order valence-corrected chi connectivity index (χ4v) is 3.43. The van der Waals surface area contributed by atoms with Crippen molar-refractivity contribution < 1.29 is 14.4 Å². The maximum atomic E-state index is 12.3. The summed E-state index contributed by atoms with van der Waals surface area (Å²) in [6.45, 7) is 4.87. The van der Waals surface area contributed by atoms with Gasteiger partial charge in [-0.15, -0.1) is 0 Å². The Hall–Kier alpha value is -1.63. The van der Waals surface area contributed by atoms with Crippen LogP contribution >= 0.6 is 0 Å². The lowest BCUT2D eigenvalue weighted by molar-refractivity contribution is -0.141. The Morgan fingerprint density at radius 1 is 1.00 bits per heavy atom. The number of hydrogen-bond acceptors (Lipinski definition) is 4. The molecule has 3 aliphatic heterocycles. The van der Waals surface area contributed by atoms with Gasteiger partial charge in [-0.3, -0.25) is 19.3 Å². The molecule has 0 saturated carbocycles. The van der Waals surface area contributed by atoms with Crippen LogP contribution in [0.25, 0.3) is 0 Å². The maximum Gasteiger partial charge on any atom is 0.245 e. The summed E-state index contributed by atoms with van der Waals surface area (Å²) >= 11 is 0. The van der Waals surface area contributed by atoms with Crippen LogP contribution in [0.1, 0.15) is 25.7 Å². The average molecular weight is 308 g/mol. The monoisotopic (exact) mass is 308 g/mol. The molecule has 3 heterocycles. The fourth-order valence-electron chi connectivity index (χ4n) is 3.43. The summed E-state index contributed by atoms with van der Waals surface area (Å²) < 4.78 is 0. The predicted octanol–water partition coefficient (Wildman–Crippen LogP) is -0.968. The zero-order chi connectivity index (χ0) is 15.5. The number of hydrogen-bond donors (Lipinski definition) is 1. The number of piperazine rings is 1. The molecule has 3 fully saturated rings. The molecule has 1 atom stereocenters. The van der Waals surface area contributed by atoms with Crippen molar-refractivity contribution in [2.24, 2.45) is 0 Å². The van der Waals surface area contributed by atoms with Crippen LogP contribution < -0.4 is 5.32 Å². The van der Waals surface area contributed by atoms with E-state index in [0.717, 1.165) is 13.1 Å². The van der Waals surface area contributed by atoms with Crippen LogP contribution in [0, 0.1) is 0 Å². The SMILES string of the molecule is O=C1CCC(C(=O)N2CCN(C(=O)CN3CCCC3)CC2)N1. The van der Waals surface area contributed by atoms with E-state index in [4.69, 9.17) is 0 Å². The van der Waals surface area contributed by atoms with Crippen molar-refractivity contribution in [2.75, 3.05) is 45.8 Å². The van der Waals surface area contributed by atoms with Crippen molar-refractivity contribution in [2.45, 2.75) is 31.7 Å².